The first-order chi connectivity index (χ1) is 13.0. The van der Waals surface area contributed by atoms with Crippen LogP contribution in [0.3, 0.4) is 0 Å². The van der Waals surface area contributed by atoms with E-state index in [-0.39, 0.29) is 34.2 Å². The van der Waals surface area contributed by atoms with Gasteiger partial charge in [0.2, 0.25) is 5.91 Å². The first-order valence-corrected chi connectivity index (χ1v) is 10.4. The first kappa shape index (κ1) is 22.1. The van der Waals surface area contributed by atoms with Crippen LogP contribution < -0.4 is 16.6 Å². The quantitative estimate of drug-likeness (QED) is 0.578. The molecule has 2 heterocycles. The summed E-state index contributed by atoms with van der Waals surface area (Å²) < 4.78 is 2.39. The summed E-state index contributed by atoms with van der Waals surface area (Å²) >= 11 is 1.19. The van der Waals surface area contributed by atoms with E-state index in [1.54, 1.807) is 7.05 Å². The molecule has 0 bridgehead atoms. The number of carbonyl (C=O) groups excluding carboxylic acids is 1. The summed E-state index contributed by atoms with van der Waals surface area (Å²) in [5.41, 5.74) is -0.993. The van der Waals surface area contributed by atoms with Gasteiger partial charge in [0, 0.05) is 25.6 Å². The molecule has 2 aromatic rings. The van der Waals surface area contributed by atoms with Crippen LogP contribution in [-0.4, -0.2) is 36.8 Å². The Morgan fingerprint density at radius 2 is 1.82 bits per heavy atom. The Kier molecular flexibility index (Phi) is 6.69. The highest BCUT2D eigenvalue weighted by Crippen LogP contribution is 2.26. The average Bonchev–Trinajstić information content (AvgIpc) is 2.61. The van der Waals surface area contributed by atoms with Crippen molar-refractivity contribution in [3.8, 4) is 0 Å². The number of rotatable bonds is 6. The van der Waals surface area contributed by atoms with Crippen LogP contribution in [0.1, 0.15) is 53.3 Å². The van der Waals surface area contributed by atoms with Crippen LogP contribution in [0.2, 0.25) is 0 Å². The second-order valence-corrected chi connectivity index (χ2v) is 9.02. The van der Waals surface area contributed by atoms with Gasteiger partial charge in [-0.25, -0.2) is 14.8 Å². The molecule has 1 atom stereocenters. The number of aryl methyl sites for hydroxylation is 1. The molecule has 2 rings (SSSR count). The summed E-state index contributed by atoms with van der Waals surface area (Å²) in [7, 11) is 3.01. The van der Waals surface area contributed by atoms with Gasteiger partial charge in [0.25, 0.3) is 5.56 Å². The third-order valence-electron chi connectivity index (χ3n) is 4.41. The number of nitrogens with zero attached hydrogens (tertiary/aromatic N) is 4. The van der Waals surface area contributed by atoms with Crippen LogP contribution in [-0.2, 0) is 24.3 Å². The van der Waals surface area contributed by atoms with Crippen molar-refractivity contribution in [2.45, 2.75) is 63.9 Å². The Bertz CT molecular complexity index is 1000. The van der Waals surface area contributed by atoms with Crippen molar-refractivity contribution < 1.29 is 4.79 Å². The highest BCUT2D eigenvalue weighted by molar-refractivity contribution is 8.00. The molecule has 1 amide bonds. The molecule has 0 spiro atoms. The van der Waals surface area contributed by atoms with Crippen LogP contribution >= 0.6 is 11.8 Å². The van der Waals surface area contributed by atoms with Crippen LogP contribution in [0, 0.1) is 0 Å². The standard InChI is InChI=1S/C19H29N5O3S/c1-8-9-11(2)20-12(25)10-28-15-13-14(21-17(22-15)19(3,4)5)23(6)18(27)24(7)16(13)26/h11H,8-10H2,1-7H3,(H,20,25). The van der Waals surface area contributed by atoms with Crippen LogP contribution in [0.4, 0.5) is 0 Å². The summed E-state index contributed by atoms with van der Waals surface area (Å²) in [6.07, 6.45) is 1.90. The molecule has 1 unspecified atom stereocenters. The lowest BCUT2D eigenvalue weighted by molar-refractivity contribution is -0.119. The minimum atomic E-state index is -0.458. The van der Waals surface area contributed by atoms with E-state index < -0.39 is 11.2 Å². The van der Waals surface area contributed by atoms with Gasteiger partial charge >= 0.3 is 5.69 Å². The smallest absolute Gasteiger partial charge is 0.332 e. The van der Waals surface area contributed by atoms with E-state index in [1.165, 1.54) is 23.4 Å². The third-order valence-corrected chi connectivity index (χ3v) is 5.38. The molecule has 2 aromatic heterocycles. The highest BCUT2D eigenvalue weighted by atomic mass is 32.2. The van der Waals surface area contributed by atoms with Gasteiger partial charge in [-0.05, 0) is 13.3 Å². The lowest BCUT2D eigenvalue weighted by atomic mass is 9.96. The monoisotopic (exact) mass is 407 g/mol. The third kappa shape index (κ3) is 4.63. The van der Waals surface area contributed by atoms with Crippen molar-refractivity contribution in [3.05, 3.63) is 26.7 Å². The Morgan fingerprint density at radius 3 is 2.39 bits per heavy atom. The maximum atomic E-state index is 12.7. The van der Waals surface area contributed by atoms with E-state index in [0.29, 0.717) is 10.9 Å². The second-order valence-electron chi connectivity index (χ2n) is 8.05. The molecule has 28 heavy (non-hydrogen) atoms. The number of fused-ring (bicyclic) bond motifs is 1. The molecule has 0 aliphatic rings. The molecule has 154 valence electrons. The van der Waals surface area contributed by atoms with Crippen molar-refractivity contribution in [3.63, 3.8) is 0 Å². The van der Waals surface area contributed by atoms with E-state index in [1.807, 2.05) is 27.7 Å². The molecule has 8 nitrogen and oxygen atoms in total. The van der Waals surface area contributed by atoms with Crippen LogP contribution in [0.5, 0.6) is 0 Å². The topological polar surface area (TPSA) is 98.9 Å². The molecular weight excluding hydrogens is 378 g/mol. The van der Waals surface area contributed by atoms with E-state index in [9.17, 15) is 14.4 Å². The maximum absolute atomic E-state index is 12.7. The molecule has 1 N–H and O–H groups in total. The van der Waals surface area contributed by atoms with Gasteiger partial charge in [-0.3, -0.25) is 18.7 Å². The van der Waals surface area contributed by atoms with Crippen molar-refractivity contribution in [1.29, 1.82) is 0 Å². The first-order valence-electron chi connectivity index (χ1n) is 9.37. The predicted octanol–water partition coefficient (Wildman–Crippen LogP) is 1.72. The normalized spacial score (nSPS) is 13.0. The highest BCUT2D eigenvalue weighted by Gasteiger charge is 2.24. The number of hydrogen-bond donors (Lipinski definition) is 1. The summed E-state index contributed by atoms with van der Waals surface area (Å²) in [4.78, 5) is 46.4. The molecule has 9 heteroatoms. The summed E-state index contributed by atoms with van der Waals surface area (Å²) in [6, 6.07) is 0.0964. The Labute approximate surface area is 168 Å². The number of nitrogens with one attached hydrogen (secondary N) is 1. The predicted molar refractivity (Wildman–Crippen MR) is 112 cm³/mol. The zero-order valence-electron chi connectivity index (χ0n) is 17.6. The van der Waals surface area contributed by atoms with Gasteiger partial charge in [-0.1, -0.05) is 45.9 Å². The van der Waals surface area contributed by atoms with E-state index in [2.05, 4.69) is 22.2 Å². The fourth-order valence-corrected chi connectivity index (χ4v) is 3.65. The molecule has 0 aliphatic carbocycles. The van der Waals surface area contributed by atoms with Crippen molar-refractivity contribution in [2.24, 2.45) is 14.1 Å². The van der Waals surface area contributed by atoms with E-state index >= 15 is 0 Å². The molecule has 0 saturated carbocycles. The molecule has 0 radical (unpaired) electrons. The SMILES string of the molecule is CCCC(C)NC(=O)CSc1nc(C(C)(C)C)nc2c1c(=O)n(C)c(=O)n2C. The second kappa shape index (κ2) is 8.46. The van der Waals surface area contributed by atoms with Crippen molar-refractivity contribution >= 4 is 28.7 Å². The van der Waals surface area contributed by atoms with E-state index in [0.717, 1.165) is 17.4 Å². The van der Waals surface area contributed by atoms with Gasteiger partial charge in [0.15, 0.2) is 5.65 Å². The summed E-state index contributed by atoms with van der Waals surface area (Å²) in [5, 5.41) is 3.63. The summed E-state index contributed by atoms with van der Waals surface area (Å²) in [5.74, 6) is 0.539. The number of carbonyl (C=O) groups is 1. The molecular formula is C19H29N5O3S. The fourth-order valence-electron chi connectivity index (χ4n) is 2.82. The molecule has 0 aromatic carbocycles. The number of amides is 1. The fraction of sp³-hybridized carbons (Fsp3) is 0.632. The van der Waals surface area contributed by atoms with Gasteiger partial charge in [0.1, 0.15) is 16.2 Å². The zero-order chi connectivity index (χ0) is 21.2. The minimum Gasteiger partial charge on any atom is -0.353 e. The minimum absolute atomic E-state index is 0.0964. The molecule has 0 saturated heterocycles. The zero-order valence-corrected chi connectivity index (χ0v) is 18.4. The Balaban J connectivity index is 2.53. The van der Waals surface area contributed by atoms with Crippen LogP contribution in [0.25, 0.3) is 11.0 Å². The summed E-state index contributed by atoms with van der Waals surface area (Å²) in [6.45, 7) is 9.91. The Hall–Kier alpha value is -2.16. The van der Waals surface area contributed by atoms with Gasteiger partial charge in [-0.15, -0.1) is 0 Å². The number of thioether (sulfide) groups is 1. The lowest BCUT2D eigenvalue weighted by Gasteiger charge is -2.19. The maximum Gasteiger partial charge on any atom is 0.332 e. The lowest BCUT2D eigenvalue weighted by Crippen LogP contribution is -2.38. The van der Waals surface area contributed by atoms with Crippen molar-refractivity contribution in [1.82, 2.24) is 24.4 Å². The Morgan fingerprint density at radius 1 is 1.18 bits per heavy atom. The van der Waals surface area contributed by atoms with Gasteiger partial charge in [0.05, 0.1) is 5.75 Å². The average molecular weight is 408 g/mol. The molecule has 0 aliphatic heterocycles. The number of aromatic nitrogens is 4. The van der Waals surface area contributed by atoms with E-state index in [4.69, 9.17) is 0 Å². The van der Waals surface area contributed by atoms with Crippen molar-refractivity contribution in [2.75, 3.05) is 5.75 Å². The number of hydrogen-bond acceptors (Lipinski definition) is 6. The van der Waals surface area contributed by atoms with Gasteiger partial charge < -0.3 is 5.32 Å². The molecule has 0 fully saturated rings. The largest absolute Gasteiger partial charge is 0.353 e. The van der Waals surface area contributed by atoms with Gasteiger partial charge in [-0.2, -0.15) is 0 Å². The van der Waals surface area contributed by atoms with Crippen LogP contribution in [0.15, 0.2) is 14.6 Å².